The van der Waals surface area contributed by atoms with Crippen LogP contribution in [0.4, 0.5) is 5.82 Å². The number of aryl methyl sites for hydroxylation is 1. The van der Waals surface area contributed by atoms with Crippen LogP contribution in [0.15, 0.2) is 5.16 Å². The van der Waals surface area contributed by atoms with E-state index < -0.39 is 5.97 Å². The fourth-order valence-corrected chi connectivity index (χ4v) is 3.14. The van der Waals surface area contributed by atoms with Crippen LogP contribution in [-0.2, 0) is 0 Å². The van der Waals surface area contributed by atoms with Gasteiger partial charge in [-0.3, -0.25) is 0 Å². The zero-order valence-corrected chi connectivity index (χ0v) is 11.1. The van der Waals surface area contributed by atoms with Gasteiger partial charge in [-0.2, -0.15) is 0 Å². The van der Waals surface area contributed by atoms with Crippen LogP contribution in [0.3, 0.4) is 0 Å². The highest BCUT2D eigenvalue weighted by atomic mass is 32.2. The van der Waals surface area contributed by atoms with Crippen LogP contribution >= 0.6 is 23.1 Å². The highest BCUT2D eigenvalue weighted by molar-refractivity contribution is 7.99. The Balaban J connectivity index is 2.60. The van der Waals surface area contributed by atoms with E-state index in [1.54, 1.807) is 6.92 Å². The molecule has 2 aromatic rings. The zero-order valence-electron chi connectivity index (χ0n) is 9.43. The second kappa shape index (κ2) is 4.84. The van der Waals surface area contributed by atoms with Gasteiger partial charge in [-0.05, 0) is 12.5 Å². The summed E-state index contributed by atoms with van der Waals surface area (Å²) < 4.78 is 0. The molecule has 0 atom stereocenters. The molecule has 0 aliphatic rings. The van der Waals surface area contributed by atoms with E-state index in [2.05, 4.69) is 15.9 Å². The van der Waals surface area contributed by atoms with E-state index >= 15 is 0 Å². The van der Waals surface area contributed by atoms with Gasteiger partial charge in [-0.25, -0.2) is 14.8 Å². The number of thiophene rings is 1. The third kappa shape index (κ3) is 2.12. The number of carboxylic acids is 1. The molecule has 2 rings (SSSR count). The van der Waals surface area contributed by atoms with Crippen molar-refractivity contribution in [2.75, 3.05) is 11.5 Å². The van der Waals surface area contributed by atoms with Gasteiger partial charge in [0.1, 0.15) is 15.5 Å². The van der Waals surface area contributed by atoms with E-state index in [1.807, 2.05) is 0 Å². The number of nitrogens with zero attached hydrogens (tertiary/aromatic N) is 2. The fourth-order valence-electron chi connectivity index (χ4n) is 1.52. The maximum absolute atomic E-state index is 11.0. The van der Waals surface area contributed by atoms with Crippen molar-refractivity contribution >= 4 is 45.1 Å². The molecule has 0 fully saturated rings. The Morgan fingerprint density at radius 1 is 1.61 bits per heavy atom. The Bertz CT molecular complexity index is 673. The summed E-state index contributed by atoms with van der Waals surface area (Å²) in [7, 11) is 0. The van der Waals surface area contributed by atoms with Gasteiger partial charge < -0.3 is 10.8 Å². The molecule has 5 nitrogen and oxygen atoms in total. The number of aromatic nitrogens is 2. The van der Waals surface area contributed by atoms with Crippen molar-refractivity contribution in [3.05, 3.63) is 10.4 Å². The SMILES string of the molecule is C#CCSc1nc(N)c2c(C)c(C(=O)O)sc2n1. The van der Waals surface area contributed by atoms with E-state index in [0.717, 1.165) is 11.3 Å². The number of carboxylic acid groups (broad SMARTS) is 1. The van der Waals surface area contributed by atoms with Crippen molar-refractivity contribution in [2.45, 2.75) is 12.1 Å². The molecule has 3 N–H and O–H groups in total. The van der Waals surface area contributed by atoms with Crippen LogP contribution in [0.25, 0.3) is 10.2 Å². The van der Waals surface area contributed by atoms with Crippen LogP contribution in [0.5, 0.6) is 0 Å². The van der Waals surface area contributed by atoms with Crippen molar-refractivity contribution in [3.8, 4) is 12.3 Å². The number of fused-ring (bicyclic) bond motifs is 1. The van der Waals surface area contributed by atoms with E-state index in [9.17, 15) is 4.79 Å². The topological polar surface area (TPSA) is 89.1 Å². The number of carbonyl (C=O) groups is 1. The molecule has 0 aromatic carbocycles. The van der Waals surface area contributed by atoms with Crippen molar-refractivity contribution in [3.63, 3.8) is 0 Å². The number of rotatable bonds is 3. The van der Waals surface area contributed by atoms with Crippen molar-refractivity contribution in [1.82, 2.24) is 9.97 Å². The van der Waals surface area contributed by atoms with Crippen LogP contribution in [-0.4, -0.2) is 26.8 Å². The monoisotopic (exact) mass is 279 g/mol. The van der Waals surface area contributed by atoms with Gasteiger partial charge in [-0.15, -0.1) is 17.8 Å². The van der Waals surface area contributed by atoms with E-state index in [-0.39, 0.29) is 4.88 Å². The first-order valence-electron chi connectivity index (χ1n) is 4.90. The lowest BCUT2D eigenvalue weighted by atomic mass is 10.2. The summed E-state index contributed by atoms with van der Waals surface area (Å²) >= 11 is 2.39. The predicted octanol–water partition coefficient (Wildman–Crippen LogP) is 2.01. The summed E-state index contributed by atoms with van der Waals surface area (Å²) in [6.45, 7) is 1.70. The molecule has 18 heavy (non-hydrogen) atoms. The molecule has 0 aliphatic carbocycles. The molecular formula is C11H9N3O2S2. The molecular weight excluding hydrogens is 270 g/mol. The lowest BCUT2D eigenvalue weighted by Crippen LogP contribution is -1.97. The van der Waals surface area contributed by atoms with Crippen molar-refractivity contribution < 1.29 is 9.90 Å². The average molecular weight is 279 g/mol. The van der Waals surface area contributed by atoms with E-state index in [0.29, 0.717) is 32.5 Å². The summed E-state index contributed by atoms with van der Waals surface area (Å²) in [6.07, 6.45) is 5.16. The third-order valence-electron chi connectivity index (χ3n) is 2.28. The van der Waals surface area contributed by atoms with Crippen LogP contribution in [0, 0.1) is 19.3 Å². The number of hydrogen-bond donors (Lipinski definition) is 2. The number of thioether (sulfide) groups is 1. The molecule has 2 heterocycles. The first-order chi connectivity index (χ1) is 8.54. The quantitative estimate of drug-likeness (QED) is 0.507. The molecule has 2 aromatic heterocycles. The summed E-state index contributed by atoms with van der Waals surface area (Å²) in [6, 6.07) is 0. The minimum Gasteiger partial charge on any atom is -0.477 e. The molecule has 0 spiro atoms. The molecule has 0 saturated heterocycles. The second-order valence-corrected chi connectivity index (χ2v) is 5.37. The second-order valence-electron chi connectivity index (χ2n) is 3.43. The zero-order chi connectivity index (χ0) is 13.3. The molecule has 0 amide bonds. The minimum absolute atomic E-state index is 0.241. The summed E-state index contributed by atoms with van der Waals surface area (Å²) in [4.78, 5) is 20.3. The molecule has 0 unspecified atom stereocenters. The lowest BCUT2D eigenvalue weighted by Gasteiger charge is -2.00. The van der Waals surface area contributed by atoms with Gasteiger partial charge in [0.05, 0.1) is 11.1 Å². The molecule has 0 saturated carbocycles. The Morgan fingerprint density at radius 2 is 2.33 bits per heavy atom. The Morgan fingerprint density at radius 3 is 2.94 bits per heavy atom. The Kier molecular flexibility index (Phi) is 3.41. The maximum atomic E-state index is 11.0. The molecule has 0 aliphatic heterocycles. The molecule has 92 valence electrons. The Labute approximate surface area is 111 Å². The minimum atomic E-state index is -0.979. The largest absolute Gasteiger partial charge is 0.477 e. The number of nitrogens with two attached hydrogens (primary N) is 1. The molecule has 0 radical (unpaired) electrons. The normalized spacial score (nSPS) is 10.4. The number of hydrogen-bond acceptors (Lipinski definition) is 6. The smallest absolute Gasteiger partial charge is 0.346 e. The number of nitrogen functional groups attached to an aromatic ring is 1. The lowest BCUT2D eigenvalue weighted by molar-refractivity contribution is 0.0701. The highest BCUT2D eigenvalue weighted by Crippen LogP contribution is 2.33. The van der Waals surface area contributed by atoms with Gasteiger partial charge >= 0.3 is 5.97 Å². The van der Waals surface area contributed by atoms with Gasteiger partial charge in [0.15, 0.2) is 5.16 Å². The number of anilines is 1. The number of aromatic carboxylic acids is 1. The predicted molar refractivity (Wildman–Crippen MR) is 73.1 cm³/mol. The first kappa shape index (κ1) is 12.7. The molecule has 7 heteroatoms. The van der Waals surface area contributed by atoms with Crippen LogP contribution in [0.2, 0.25) is 0 Å². The standard InChI is InChI=1S/C11H9N3O2S2/c1-3-4-17-11-13-8(12)6-5(2)7(10(15)16)18-9(6)14-11/h1H,4H2,2H3,(H,15,16)(H2,12,13,14). The summed E-state index contributed by atoms with van der Waals surface area (Å²) in [5.41, 5.74) is 6.45. The summed E-state index contributed by atoms with van der Waals surface area (Å²) in [5.74, 6) is 2.23. The summed E-state index contributed by atoms with van der Waals surface area (Å²) in [5, 5.41) is 10.1. The average Bonchev–Trinajstić information content (AvgIpc) is 2.64. The van der Waals surface area contributed by atoms with Crippen LogP contribution < -0.4 is 5.73 Å². The van der Waals surface area contributed by atoms with Gasteiger partial charge in [-0.1, -0.05) is 17.7 Å². The van der Waals surface area contributed by atoms with Gasteiger partial charge in [0.2, 0.25) is 0 Å². The van der Waals surface area contributed by atoms with Crippen LogP contribution in [0.1, 0.15) is 15.2 Å². The number of terminal acetylenes is 1. The highest BCUT2D eigenvalue weighted by Gasteiger charge is 2.18. The third-order valence-corrected chi connectivity index (χ3v) is 4.20. The Hall–Kier alpha value is -1.78. The maximum Gasteiger partial charge on any atom is 0.346 e. The molecule has 0 bridgehead atoms. The van der Waals surface area contributed by atoms with Crippen molar-refractivity contribution in [1.29, 1.82) is 0 Å². The fraction of sp³-hybridized carbons (Fsp3) is 0.182. The van der Waals surface area contributed by atoms with E-state index in [4.69, 9.17) is 17.3 Å². The van der Waals surface area contributed by atoms with Gasteiger partial charge in [0, 0.05) is 0 Å². The van der Waals surface area contributed by atoms with Gasteiger partial charge in [0.25, 0.3) is 0 Å². The first-order valence-corrected chi connectivity index (χ1v) is 6.71. The van der Waals surface area contributed by atoms with E-state index in [1.165, 1.54) is 11.8 Å². The van der Waals surface area contributed by atoms with Crippen molar-refractivity contribution in [2.24, 2.45) is 0 Å².